The molecule has 4 heterocycles. The Labute approximate surface area is 259 Å². The quantitative estimate of drug-likeness (QED) is 0.156. The van der Waals surface area contributed by atoms with E-state index < -0.39 is 0 Å². The number of hydrogen-bond donors (Lipinski definition) is 0. The van der Waals surface area contributed by atoms with Crippen molar-refractivity contribution in [2.24, 2.45) is 0 Å². The van der Waals surface area contributed by atoms with Crippen molar-refractivity contribution in [3.05, 3.63) is 120 Å². The van der Waals surface area contributed by atoms with E-state index in [0.29, 0.717) is 12.1 Å². The molecular formula is C42H24B2. The molecule has 4 aliphatic heterocycles. The number of fused-ring (bicyclic) bond motifs is 10. The zero-order chi connectivity index (χ0) is 30.3. The zero-order valence-electron chi connectivity index (χ0n) is 26.4. The molecule has 0 unspecified atom stereocenters. The van der Waals surface area contributed by atoms with Crippen LogP contribution in [0, 0.1) is 13.8 Å². The van der Waals surface area contributed by atoms with Crippen molar-refractivity contribution in [2.75, 3.05) is 0 Å². The summed E-state index contributed by atoms with van der Waals surface area (Å²) < 4.78 is 19.2. The molecule has 8 aromatic carbocycles. The highest BCUT2D eigenvalue weighted by Gasteiger charge is 2.43. The summed E-state index contributed by atoms with van der Waals surface area (Å²) >= 11 is 0. The van der Waals surface area contributed by atoms with Crippen LogP contribution in [0.5, 0.6) is 0 Å². The molecule has 0 bridgehead atoms. The molecule has 0 radical (unpaired) electrons. The second-order valence-electron chi connectivity index (χ2n) is 13.5. The lowest BCUT2D eigenvalue weighted by atomic mass is 9.34. The number of hydrogen-bond acceptors (Lipinski definition) is 0. The van der Waals surface area contributed by atoms with Gasteiger partial charge in [0.2, 0.25) is 13.4 Å². The predicted octanol–water partition coefficient (Wildman–Crippen LogP) is 6.15. The van der Waals surface area contributed by atoms with Crippen molar-refractivity contribution >= 4 is 78.5 Å². The first-order valence-electron chi connectivity index (χ1n) is 16.8. The van der Waals surface area contributed by atoms with Crippen LogP contribution in [0.1, 0.15) is 13.9 Å². The van der Waals surface area contributed by atoms with E-state index in [9.17, 15) is 2.74 Å². The Morgan fingerprint density at radius 2 is 0.818 bits per heavy atom. The van der Waals surface area contributed by atoms with Gasteiger partial charge in [0, 0.05) is 0 Å². The highest BCUT2D eigenvalue weighted by Crippen LogP contribution is 2.46. The van der Waals surface area contributed by atoms with Gasteiger partial charge in [0.25, 0.3) is 0 Å². The molecule has 0 saturated carbocycles. The van der Waals surface area contributed by atoms with Gasteiger partial charge in [-0.2, -0.15) is 0 Å². The lowest BCUT2D eigenvalue weighted by molar-refractivity contribution is 1.48. The summed E-state index contributed by atoms with van der Waals surface area (Å²) in [6.45, 7) is 4.64. The van der Waals surface area contributed by atoms with E-state index in [1.165, 1.54) is 110 Å². The Bertz CT molecular complexity index is 2620. The second kappa shape index (κ2) is 7.17. The van der Waals surface area contributed by atoms with Crippen LogP contribution >= 0.6 is 0 Å². The molecule has 2 heteroatoms. The molecule has 4 aliphatic rings. The zero-order valence-corrected chi connectivity index (χ0v) is 24.4. The minimum atomic E-state index is 0.122. The van der Waals surface area contributed by atoms with Crippen LogP contribution in [-0.4, -0.2) is 13.4 Å². The van der Waals surface area contributed by atoms with Crippen LogP contribution in [0.25, 0.3) is 76.8 Å². The van der Waals surface area contributed by atoms with Gasteiger partial charge in [0.05, 0.1) is 2.74 Å². The number of benzene rings is 8. The molecule has 0 fully saturated rings. The van der Waals surface area contributed by atoms with Gasteiger partial charge < -0.3 is 0 Å². The van der Waals surface area contributed by atoms with E-state index in [0.717, 1.165) is 10.8 Å². The van der Waals surface area contributed by atoms with Crippen molar-refractivity contribution in [3.63, 3.8) is 0 Å². The van der Waals surface area contributed by atoms with E-state index >= 15 is 0 Å². The normalized spacial score (nSPS) is 14.7. The minimum Gasteiger partial charge on any atom is -0.0664 e. The van der Waals surface area contributed by atoms with E-state index in [1.54, 1.807) is 0 Å². The van der Waals surface area contributed by atoms with Crippen LogP contribution in [0.15, 0.2) is 109 Å². The molecule has 0 N–H and O–H groups in total. The van der Waals surface area contributed by atoms with Crippen molar-refractivity contribution in [1.29, 1.82) is 0 Å². The van der Waals surface area contributed by atoms with Crippen molar-refractivity contribution in [3.8, 4) is 44.5 Å². The number of aryl methyl sites for hydroxylation is 2. The largest absolute Gasteiger partial charge is 0.244 e. The predicted molar refractivity (Wildman–Crippen MR) is 191 cm³/mol. The van der Waals surface area contributed by atoms with Gasteiger partial charge in [0.15, 0.2) is 0 Å². The van der Waals surface area contributed by atoms with Gasteiger partial charge in [0.1, 0.15) is 0 Å². The SMILES string of the molecule is [2H]c1cc2c3c(cc4c([2H])cc5c6c(cc1c3c46)B1c3ccccc3-c3cc(C)cc-5c31)B1c3ccccc3-c3cc(C)cc-2c31. The van der Waals surface area contributed by atoms with E-state index in [2.05, 4.69) is 111 Å². The van der Waals surface area contributed by atoms with Crippen LogP contribution in [0.2, 0.25) is 0 Å². The standard InChI is InChI=1S/C42H24B2/c1-21-15-29-25-7-3-5-9-33(25)43-35-19-24-12-14-28-32-18-22(2)16-30-26-8-4-6-10-34(26)44(42(30)32)36-20-23-11-13-27(31(17-21)41(29)43)39(35)37(23)38(24)40(28)36/h3-20H,1-2H3/i11D,12D. The Balaban J connectivity index is 1.32. The Morgan fingerprint density at radius 1 is 0.409 bits per heavy atom. The molecule has 198 valence electrons. The molecule has 44 heavy (non-hydrogen) atoms. The Kier molecular flexibility index (Phi) is 3.39. The van der Waals surface area contributed by atoms with Gasteiger partial charge in [-0.05, 0) is 102 Å². The molecule has 8 aromatic rings. The van der Waals surface area contributed by atoms with E-state index in [1.807, 2.05) is 0 Å². The van der Waals surface area contributed by atoms with Gasteiger partial charge in [-0.25, -0.2) is 0 Å². The molecule has 0 amide bonds. The van der Waals surface area contributed by atoms with Gasteiger partial charge in [-0.15, -0.1) is 0 Å². The minimum absolute atomic E-state index is 0.122. The first kappa shape index (κ1) is 20.8. The third-order valence-electron chi connectivity index (χ3n) is 11.3. The van der Waals surface area contributed by atoms with Crippen LogP contribution in [-0.2, 0) is 0 Å². The number of rotatable bonds is 0. The molecule has 0 atom stereocenters. The fourth-order valence-corrected chi connectivity index (χ4v) is 9.86. The monoisotopic (exact) mass is 552 g/mol. The summed E-state index contributed by atoms with van der Waals surface area (Å²) in [5.74, 6) is 0. The average Bonchev–Trinajstić information content (AvgIpc) is 3.57. The van der Waals surface area contributed by atoms with Crippen LogP contribution in [0.3, 0.4) is 0 Å². The molecular weight excluding hydrogens is 526 g/mol. The average molecular weight is 552 g/mol. The summed E-state index contributed by atoms with van der Waals surface area (Å²) in [7, 11) is 0. The summed E-state index contributed by atoms with van der Waals surface area (Å²) in [4.78, 5) is 0. The maximum atomic E-state index is 9.59. The van der Waals surface area contributed by atoms with Crippen molar-refractivity contribution < 1.29 is 2.74 Å². The summed E-state index contributed by atoms with van der Waals surface area (Å²) in [6.07, 6.45) is 0. The fraction of sp³-hybridized carbons (Fsp3) is 0.0476. The molecule has 0 nitrogen and oxygen atoms in total. The van der Waals surface area contributed by atoms with E-state index in [-0.39, 0.29) is 13.4 Å². The van der Waals surface area contributed by atoms with Crippen LogP contribution in [0.4, 0.5) is 0 Å². The Morgan fingerprint density at radius 3 is 1.27 bits per heavy atom. The molecule has 0 aliphatic carbocycles. The molecule has 0 spiro atoms. The first-order chi connectivity index (χ1) is 22.5. The maximum Gasteiger partial charge on any atom is 0.244 e. The fourth-order valence-electron chi connectivity index (χ4n) is 9.86. The summed E-state index contributed by atoms with van der Waals surface area (Å²) in [5, 5.41) is 6.90. The molecule has 0 saturated heterocycles. The highest BCUT2D eigenvalue weighted by atomic mass is 14.3. The second-order valence-corrected chi connectivity index (χ2v) is 13.5. The smallest absolute Gasteiger partial charge is 0.0664 e. The summed E-state index contributed by atoms with van der Waals surface area (Å²) in [5.41, 5.74) is 20.6. The lowest BCUT2D eigenvalue weighted by Crippen LogP contribution is -2.52. The van der Waals surface area contributed by atoms with E-state index in [4.69, 9.17) is 0 Å². The molecule has 0 aromatic heterocycles. The topological polar surface area (TPSA) is 0 Å². The third kappa shape index (κ3) is 2.33. The van der Waals surface area contributed by atoms with Crippen LogP contribution < -0.4 is 32.8 Å². The van der Waals surface area contributed by atoms with Crippen molar-refractivity contribution in [2.45, 2.75) is 13.8 Å². The highest BCUT2D eigenvalue weighted by molar-refractivity contribution is 7.03. The van der Waals surface area contributed by atoms with Gasteiger partial charge in [-0.1, -0.05) is 142 Å². The third-order valence-corrected chi connectivity index (χ3v) is 11.3. The van der Waals surface area contributed by atoms with Gasteiger partial charge in [-0.3, -0.25) is 0 Å². The van der Waals surface area contributed by atoms with Crippen molar-refractivity contribution in [1.82, 2.24) is 0 Å². The molecule has 12 rings (SSSR count). The van der Waals surface area contributed by atoms with Gasteiger partial charge >= 0.3 is 0 Å². The Hall–Kier alpha value is -5.07. The lowest BCUT2D eigenvalue weighted by Gasteiger charge is -2.31. The summed E-state index contributed by atoms with van der Waals surface area (Å²) in [6, 6.07) is 37.3. The first-order valence-corrected chi connectivity index (χ1v) is 15.8. The maximum absolute atomic E-state index is 9.59.